The fourth-order valence-electron chi connectivity index (χ4n) is 2.10. The molecule has 19 heavy (non-hydrogen) atoms. The normalized spacial score (nSPS) is 22.2. The Hall–Kier alpha value is -2.02. The molecule has 0 bridgehead atoms. The van der Waals surface area contributed by atoms with Crippen molar-refractivity contribution in [1.82, 2.24) is 10.3 Å². The second-order valence-corrected chi connectivity index (χ2v) is 4.62. The van der Waals surface area contributed by atoms with E-state index in [1.54, 1.807) is 13.0 Å². The Morgan fingerprint density at radius 3 is 2.84 bits per heavy atom. The molecular weight excluding hydrogens is 250 g/mol. The molecular formula is C12H17N3O4. The number of hydrogen-bond donors (Lipinski definition) is 4. The van der Waals surface area contributed by atoms with Crippen molar-refractivity contribution in [2.45, 2.75) is 32.4 Å². The number of nitrogens with one attached hydrogen (secondary N) is 3. The van der Waals surface area contributed by atoms with E-state index in [1.807, 2.05) is 6.92 Å². The van der Waals surface area contributed by atoms with Crippen molar-refractivity contribution in [2.75, 3.05) is 11.9 Å². The Morgan fingerprint density at radius 2 is 2.26 bits per heavy atom. The summed E-state index contributed by atoms with van der Waals surface area (Å²) < 4.78 is 5.34. The lowest BCUT2D eigenvalue weighted by atomic mass is 10.2. The minimum Gasteiger partial charge on any atom is -0.477 e. The topological polar surface area (TPSA) is 103 Å². The number of H-pyrrole nitrogens is 1. The van der Waals surface area contributed by atoms with Gasteiger partial charge in [0.1, 0.15) is 5.69 Å². The lowest BCUT2D eigenvalue weighted by Crippen LogP contribution is -2.41. The maximum atomic E-state index is 11.8. The third kappa shape index (κ3) is 3.05. The zero-order valence-electron chi connectivity index (χ0n) is 10.8. The van der Waals surface area contributed by atoms with E-state index < -0.39 is 12.0 Å². The number of urea groups is 1. The van der Waals surface area contributed by atoms with Gasteiger partial charge < -0.3 is 25.5 Å². The van der Waals surface area contributed by atoms with Gasteiger partial charge in [-0.2, -0.15) is 0 Å². The SMILES string of the molecule is Cc1cc(NC(=O)NC2CCOC2C)c(C(=O)O)[nH]1. The second-order valence-electron chi connectivity index (χ2n) is 4.62. The maximum Gasteiger partial charge on any atom is 0.354 e. The molecule has 2 atom stereocenters. The summed E-state index contributed by atoms with van der Waals surface area (Å²) in [7, 11) is 0. The number of anilines is 1. The van der Waals surface area contributed by atoms with Crippen LogP contribution in [-0.2, 0) is 4.74 Å². The number of aryl methyl sites for hydroxylation is 1. The summed E-state index contributed by atoms with van der Waals surface area (Å²) in [5, 5.41) is 14.3. The van der Waals surface area contributed by atoms with Gasteiger partial charge in [-0.3, -0.25) is 0 Å². The molecule has 4 N–H and O–H groups in total. The van der Waals surface area contributed by atoms with Crippen molar-refractivity contribution in [3.8, 4) is 0 Å². The summed E-state index contributed by atoms with van der Waals surface area (Å²) in [5.41, 5.74) is 0.905. The van der Waals surface area contributed by atoms with Gasteiger partial charge in [0.15, 0.2) is 0 Å². The molecule has 104 valence electrons. The number of carboxylic acids is 1. The number of carboxylic acid groups (broad SMARTS) is 1. The average Bonchev–Trinajstić information content (AvgIpc) is 2.86. The molecule has 0 aliphatic carbocycles. The lowest BCUT2D eigenvalue weighted by Gasteiger charge is -2.16. The molecule has 7 heteroatoms. The Labute approximate surface area is 110 Å². The molecule has 1 aromatic rings. The number of aromatic amines is 1. The van der Waals surface area contributed by atoms with Crippen molar-refractivity contribution in [3.63, 3.8) is 0 Å². The van der Waals surface area contributed by atoms with Gasteiger partial charge in [0.2, 0.25) is 0 Å². The van der Waals surface area contributed by atoms with Crippen LogP contribution >= 0.6 is 0 Å². The van der Waals surface area contributed by atoms with Crippen molar-refractivity contribution >= 4 is 17.7 Å². The van der Waals surface area contributed by atoms with Crippen LogP contribution < -0.4 is 10.6 Å². The summed E-state index contributed by atoms with van der Waals surface area (Å²) in [6.07, 6.45) is 0.727. The van der Waals surface area contributed by atoms with E-state index in [2.05, 4.69) is 15.6 Å². The molecule has 1 saturated heterocycles. The second kappa shape index (κ2) is 5.31. The van der Waals surface area contributed by atoms with Crippen LogP contribution in [-0.4, -0.2) is 40.8 Å². The number of aromatic nitrogens is 1. The number of amides is 2. The first kappa shape index (κ1) is 13.4. The molecule has 1 fully saturated rings. The summed E-state index contributed by atoms with van der Waals surface area (Å²) >= 11 is 0. The molecule has 2 rings (SSSR count). The van der Waals surface area contributed by atoms with Gasteiger partial charge in [-0.15, -0.1) is 0 Å². The van der Waals surface area contributed by atoms with Crippen LogP contribution in [0.4, 0.5) is 10.5 Å². The van der Waals surface area contributed by atoms with Crippen LogP contribution in [0.5, 0.6) is 0 Å². The fraction of sp³-hybridized carbons (Fsp3) is 0.500. The van der Waals surface area contributed by atoms with Gasteiger partial charge in [-0.1, -0.05) is 0 Å². The van der Waals surface area contributed by atoms with Gasteiger partial charge in [0, 0.05) is 12.3 Å². The highest BCUT2D eigenvalue weighted by molar-refractivity contribution is 5.99. The van der Waals surface area contributed by atoms with Crippen LogP contribution in [0.3, 0.4) is 0 Å². The number of rotatable bonds is 3. The molecule has 0 aromatic carbocycles. The van der Waals surface area contributed by atoms with Crippen LogP contribution in [0.2, 0.25) is 0 Å². The van der Waals surface area contributed by atoms with E-state index in [9.17, 15) is 9.59 Å². The molecule has 1 aliphatic rings. The zero-order valence-corrected chi connectivity index (χ0v) is 10.8. The minimum absolute atomic E-state index is 0.0247. The zero-order chi connectivity index (χ0) is 14.0. The van der Waals surface area contributed by atoms with Gasteiger partial charge in [-0.25, -0.2) is 9.59 Å². The number of carbonyl (C=O) groups excluding carboxylic acids is 1. The van der Waals surface area contributed by atoms with Gasteiger partial charge in [0.05, 0.1) is 17.8 Å². The number of hydrogen-bond acceptors (Lipinski definition) is 3. The summed E-state index contributed by atoms with van der Waals surface area (Å²) in [4.78, 5) is 25.5. The highest BCUT2D eigenvalue weighted by Crippen LogP contribution is 2.17. The standard InChI is InChI=1S/C12H17N3O4/c1-6-5-9(10(13-6)11(16)17)15-12(18)14-8-3-4-19-7(8)2/h5,7-8,13H,3-4H2,1-2H3,(H,16,17)(H2,14,15,18). The Bertz CT molecular complexity index is 497. The average molecular weight is 267 g/mol. The smallest absolute Gasteiger partial charge is 0.354 e. The number of carbonyl (C=O) groups is 2. The van der Waals surface area contributed by atoms with E-state index >= 15 is 0 Å². The van der Waals surface area contributed by atoms with E-state index in [1.165, 1.54) is 0 Å². The van der Waals surface area contributed by atoms with Crippen LogP contribution in [0, 0.1) is 6.92 Å². The lowest BCUT2D eigenvalue weighted by molar-refractivity contribution is 0.0692. The van der Waals surface area contributed by atoms with E-state index in [0.717, 1.165) is 6.42 Å². The van der Waals surface area contributed by atoms with Crippen molar-refractivity contribution in [2.24, 2.45) is 0 Å². The first-order chi connectivity index (χ1) is 8.97. The van der Waals surface area contributed by atoms with Crippen LogP contribution in [0.25, 0.3) is 0 Å². The van der Waals surface area contributed by atoms with Crippen molar-refractivity contribution in [3.05, 3.63) is 17.5 Å². The van der Waals surface area contributed by atoms with Gasteiger partial charge in [0.25, 0.3) is 0 Å². The van der Waals surface area contributed by atoms with Crippen LogP contribution in [0.15, 0.2) is 6.07 Å². The fourth-order valence-corrected chi connectivity index (χ4v) is 2.10. The minimum atomic E-state index is -1.11. The molecule has 1 aliphatic heterocycles. The Balaban J connectivity index is 2.00. The van der Waals surface area contributed by atoms with E-state index in [0.29, 0.717) is 12.3 Å². The highest BCUT2D eigenvalue weighted by atomic mass is 16.5. The largest absolute Gasteiger partial charge is 0.477 e. The monoisotopic (exact) mass is 267 g/mol. The molecule has 0 saturated carbocycles. The predicted octanol–water partition coefficient (Wildman–Crippen LogP) is 1.32. The molecule has 2 amide bonds. The Morgan fingerprint density at radius 1 is 1.53 bits per heavy atom. The first-order valence-corrected chi connectivity index (χ1v) is 6.09. The number of aromatic carboxylic acids is 1. The van der Waals surface area contributed by atoms with E-state index in [4.69, 9.17) is 9.84 Å². The molecule has 2 heterocycles. The highest BCUT2D eigenvalue weighted by Gasteiger charge is 2.26. The first-order valence-electron chi connectivity index (χ1n) is 6.09. The molecule has 0 spiro atoms. The summed E-state index contributed by atoms with van der Waals surface area (Å²) in [6, 6.07) is 1.11. The molecule has 2 unspecified atom stereocenters. The predicted molar refractivity (Wildman–Crippen MR) is 68.5 cm³/mol. The molecule has 0 radical (unpaired) electrons. The van der Waals surface area contributed by atoms with Crippen LogP contribution in [0.1, 0.15) is 29.5 Å². The van der Waals surface area contributed by atoms with Crippen molar-refractivity contribution in [1.29, 1.82) is 0 Å². The molecule has 1 aromatic heterocycles. The van der Waals surface area contributed by atoms with Gasteiger partial charge >= 0.3 is 12.0 Å². The third-order valence-corrected chi connectivity index (χ3v) is 3.11. The van der Waals surface area contributed by atoms with Crippen molar-refractivity contribution < 1.29 is 19.4 Å². The maximum absolute atomic E-state index is 11.8. The van der Waals surface area contributed by atoms with E-state index in [-0.39, 0.29) is 23.5 Å². The quantitative estimate of drug-likeness (QED) is 0.663. The molecule has 7 nitrogen and oxygen atoms in total. The Kier molecular flexibility index (Phi) is 3.75. The summed E-state index contributed by atoms with van der Waals surface area (Å²) in [5.74, 6) is -1.11. The van der Waals surface area contributed by atoms with Gasteiger partial charge in [-0.05, 0) is 26.3 Å². The number of ether oxygens (including phenoxy) is 1. The third-order valence-electron chi connectivity index (χ3n) is 3.11. The summed E-state index contributed by atoms with van der Waals surface area (Å²) in [6.45, 7) is 4.24.